The van der Waals surface area contributed by atoms with Gasteiger partial charge in [-0.25, -0.2) is 0 Å². The molecule has 0 amide bonds. The minimum absolute atomic E-state index is 0.0549. The highest BCUT2D eigenvalue weighted by Crippen LogP contribution is 2.33. The summed E-state index contributed by atoms with van der Waals surface area (Å²) < 4.78 is 0. The fourth-order valence-corrected chi connectivity index (χ4v) is 4.37. The minimum atomic E-state index is -0.0549. The van der Waals surface area contributed by atoms with Crippen LogP contribution in [0.15, 0.2) is 0 Å². The summed E-state index contributed by atoms with van der Waals surface area (Å²) in [7, 11) is 0. The van der Waals surface area contributed by atoms with Gasteiger partial charge in [0.15, 0.2) is 0 Å². The monoisotopic (exact) mass is 252 g/mol. The van der Waals surface area contributed by atoms with Crippen molar-refractivity contribution >= 4 is 0 Å². The first-order valence-corrected chi connectivity index (χ1v) is 8.00. The SMILES string of the molecule is OC1CCCC(NC2CCCC2C2CCCN2)C1. The van der Waals surface area contributed by atoms with E-state index in [0.29, 0.717) is 12.1 Å². The van der Waals surface area contributed by atoms with Gasteiger partial charge in [0.1, 0.15) is 0 Å². The quantitative estimate of drug-likeness (QED) is 0.717. The van der Waals surface area contributed by atoms with Crippen molar-refractivity contribution in [1.29, 1.82) is 0 Å². The molecular weight excluding hydrogens is 224 g/mol. The van der Waals surface area contributed by atoms with Gasteiger partial charge in [-0.2, -0.15) is 0 Å². The van der Waals surface area contributed by atoms with E-state index in [-0.39, 0.29) is 6.10 Å². The van der Waals surface area contributed by atoms with Gasteiger partial charge in [0.25, 0.3) is 0 Å². The molecule has 3 rings (SSSR count). The Kier molecular flexibility index (Phi) is 4.22. The van der Waals surface area contributed by atoms with Gasteiger partial charge in [-0.15, -0.1) is 0 Å². The standard InChI is InChI=1S/C15H28N2O/c18-12-5-1-4-11(10-12)17-15-7-2-6-13(15)14-8-3-9-16-14/h11-18H,1-10H2. The van der Waals surface area contributed by atoms with Crippen molar-refractivity contribution in [1.82, 2.24) is 10.6 Å². The normalized spacial score (nSPS) is 45.5. The first-order chi connectivity index (χ1) is 8.83. The molecule has 3 nitrogen and oxygen atoms in total. The second-order valence-corrected chi connectivity index (χ2v) is 6.59. The predicted molar refractivity (Wildman–Crippen MR) is 73.6 cm³/mol. The summed E-state index contributed by atoms with van der Waals surface area (Å²) in [4.78, 5) is 0. The summed E-state index contributed by atoms with van der Waals surface area (Å²) in [6.45, 7) is 1.22. The summed E-state index contributed by atoms with van der Waals surface area (Å²) in [6.07, 6.45) is 11.2. The lowest BCUT2D eigenvalue weighted by molar-refractivity contribution is 0.105. The van der Waals surface area contributed by atoms with E-state index >= 15 is 0 Å². The van der Waals surface area contributed by atoms with Crippen molar-refractivity contribution in [2.45, 2.75) is 82.0 Å². The Hall–Kier alpha value is -0.120. The van der Waals surface area contributed by atoms with Crippen molar-refractivity contribution < 1.29 is 5.11 Å². The van der Waals surface area contributed by atoms with E-state index in [0.717, 1.165) is 24.8 Å². The zero-order valence-electron chi connectivity index (χ0n) is 11.4. The van der Waals surface area contributed by atoms with Crippen LogP contribution in [0.3, 0.4) is 0 Å². The number of hydrogen-bond donors (Lipinski definition) is 3. The second kappa shape index (κ2) is 5.89. The Morgan fingerprint density at radius 1 is 0.944 bits per heavy atom. The molecule has 0 aromatic rings. The Labute approximate surface area is 111 Å². The molecule has 104 valence electrons. The molecular formula is C15H28N2O. The van der Waals surface area contributed by atoms with Crippen LogP contribution in [0.1, 0.15) is 57.8 Å². The summed E-state index contributed by atoms with van der Waals surface area (Å²) in [6, 6.07) is 2.04. The number of aliphatic hydroxyl groups is 1. The molecule has 2 aliphatic carbocycles. The minimum Gasteiger partial charge on any atom is -0.393 e. The van der Waals surface area contributed by atoms with Crippen LogP contribution in [-0.4, -0.2) is 35.9 Å². The molecule has 0 bridgehead atoms. The van der Waals surface area contributed by atoms with Crippen LogP contribution in [0, 0.1) is 5.92 Å². The zero-order valence-corrected chi connectivity index (χ0v) is 11.4. The molecule has 3 fully saturated rings. The third-order valence-corrected chi connectivity index (χ3v) is 5.28. The van der Waals surface area contributed by atoms with Crippen molar-refractivity contribution in [3.8, 4) is 0 Å². The number of rotatable bonds is 3. The highest BCUT2D eigenvalue weighted by molar-refractivity contribution is 4.95. The molecule has 3 aliphatic rings. The average Bonchev–Trinajstić information content (AvgIpc) is 2.98. The number of nitrogens with one attached hydrogen (secondary N) is 2. The molecule has 3 heteroatoms. The lowest BCUT2D eigenvalue weighted by Crippen LogP contribution is -2.47. The molecule has 0 spiro atoms. The van der Waals surface area contributed by atoms with Gasteiger partial charge in [0.2, 0.25) is 0 Å². The maximum Gasteiger partial charge on any atom is 0.0555 e. The molecule has 5 unspecified atom stereocenters. The Balaban J connectivity index is 1.54. The fourth-order valence-electron chi connectivity index (χ4n) is 4.37. The van der Waals surface area contributed by atoms with E-state index in [9.17, 15) is 5.11 Å². The van der Waals surface area contributed by atoms with Crippen LogP contribution in [0.25, 0.3) is 0 Å². The van der Waals surface area contributed by atoms with Crippen LogP contribution in [0.2, 0.25) is 0 Å². The van der Waals surface area contributed by atoms with E-state index in [1.165, 1.54) is 51.5 Å². The van der Waals surface area contributed by atoms with Crippen LogP contribution in [-0.2, 0) is 0 Å². The topological polar surface area (TPSA) is 44.3 Å². The molecule has 1 saturated heterocycles. The van der Waals surface area contributed by atoms with E-state index < -0.39 is 0 Å². The largest absolute Gasteiger partial charge is 0.393 e. The number of hydrogen-bond acceptors (Lipinski definition) is 3. The predicted octanol–water partition coefficient (Wildman–Crippen LogP) is 1.80. The first kappa shape index (κ1) is 12.9. The van der Waals surface area contributed by atoms with Crippen LogP contribution in [0.4, 0.5) is 0 Å². The van der Waals surface area contributed by atoms with Gasteiger partial charge in [-0.05, 0) is 63.8 Å². The van der Waals surface area contributed by atoms with E-state index in [1.54, 1.807) is 0 Å². The molecule has 18 heavy (non-hydrogen) atoms. The zero-order chi connectivity index (χ0) is 12.4. The van der Waals surface area contributed by atoms with E-state index in [2.05, 4.69) is 10.6 Å². The maximum atomic E-state index is 9.78. The number of aliphatic hydroxyl groups excluding tert-OH is 1. The van der Waals surface area contributed by atoms with Gasteiger partial charge < -0.3 is 15.7 Å². The lowest BCUT2D eigenvalue weighted by Gasteiger charge is -2.33. The molecule has 1 aliphatic heterocycles. The maximum absolute atomic E-state index is 9.78. The third-order valence-electron chi connectivity index (χ3n) is 5.28. The lowest BCUT2D eigenvalue weighted by atomic mass is 9.89. The molecule has 0 aromatic heterocycles. The molecule has 0 aromatic carbocycles. The summed E-state index contributed by atoms with van der Waals surface area (Å²) in [5, 5.41) is 17.3. The van der Waals surface area contributed by atoms with E-state index in [1.807, 2.05) is 0 Å². The smallest absolute Gasteiger partial charge is 0.0555 e. The van der Waals surface area contributed by atoms with Gasteiger partial charge in [-0.3, -0.25) is 0 Å². The van der Waals surface area contributed by atoms with Crippen molar-refractivity contribution in [3.05, 3.63) is 0 Å². The highest BCUT2D eigenvalue weighted by Gasteiger charge is 2.36. The van der Waals surface area contributed by atoms with Crippen molar-refractivity contribution in [3.63, 3.8) is 0 Å². The summed E-state index contributed by atoms with van der Waals surface area (Å²) >= 11 is 0. The summed E-state index contributed by atoms with van der Waals surface area (Å²) in [5.41, 5.74) is 0. The van der Waals surface area contributed by atoms with Gasteiger partial charge >= 0.3 is 0 Å². The van der Waals surface area contributed by atoms with Gasteiger partial charge in [-0.1, -0.05) is 6.42 Å². The third kappa shape index (κ3) is 2.89. The summed E-state index contributed by atoms with van der Waals surface area (Å²) in [5.74, 6) is 0.839. The van der Waals surface area contributed by atoms with E-state index in [4.69, 9.17) is 0 Å². The molecule has 3 N–H and O–H groups in total. The van der Waals surface area contributed by atoms with Crippen molar-refractivity contribution in [2.75, 3.05) is 6.54 Å². The Bertz CT molecular complexity index is 265. The molecule has 0 radical (unpaired) electrons. The Morgan fingerprint density at radius 3 is 2.61 bits per heavy atom. The van der Waals surface area contributed by atoms with Crippen molar-refractivity contribution in [2.24, 2.45) is 5.92 Å². The first-order valence-electron chi connectivity index (χ1n) is 8.00. The van der Waals surface area contributed by atoms with Gasteiger partial charge in [0, 0.05) is 18.1 Å². The molecule has 5 atom stereocenters. The second-order valence-electron chi connectivity index (χ2n) is 6.59. The highest BCUT2D eigenvalue weighted by atomic mass is 16.3. The molecule has 2 saturated carbocycles. The fraction of sp³-hybridized carbons (Fsp3) is 1.00. The average molecular weight is 252 g/mol. The van der Waals surface area contributed by atoms with Crippen LogP contribution >= 0.6 is 0 Å². The van der Waals surface area contributed by atoms with Crippen LogP contribution in [0.5, 0.6) is 0 Å². The van der Waals surface area contributed by atoms with Crippen LogP contribution < -0.4 is 10.6 Å². The Morgan fingerprint density at radius 2 is 1.83 bits per heavy atom. The molecule has 1 heterocycles. The van der Waals surface area contributed by atoms with Gasteiger partial charge in [0.05, 0.1) is 6.10 Å².